The molecule has 5 heteroatoms. The van der Waals surface area contributed by atoms with E-state index in [1.165, 1.54) is 0 Å². The molecule has 1 aromatic rings. The monoisotopic (exact) mass is 273 g/mol. The number of nitrogens with two attached hydrogens (primary N) is 2. The summed E-state index contributed by atoms with van der Waals surface area (Å²) >= 11 is 0. The molecule has 1 rings (SSSR count). The Morgan fingerprint density at radius 1 is 1.55 bits per heavy atom. The molecule has 4 N–H and O–H groups in total. The summed E-state index contributed by atoms with van der Waals surface area (Å²) in [6.45, 7) is 3.64. The summed E-state index contributed by atoms with van der Waals surface area (Å²) in [5.41, 5.74) is 12.7. The average Bonchev–Trinajstić information content (AvgIpc) is 2.38. The van der Waals surface area contributed by atoms with Crippen LogP contribution in [0.1, 0.15) is 30.1 Å². The van der Waals surface area contributed by atoms with Crippen molar-refractivity contribution in [1.82, 2.24) is 0 Å². The van der Waals surface area contributed by atoms with Gasteiger partial charge in [0, 0.05) is 12.5 Å². The van der Waals surface area contributed by atoms with Gasteiger partial charge in [-0.05, 0) is 17.5 Å². The minimum atomic E-state index is -0.816. The fourth-order valence-electron chi connectivity index (χ4n) is 1.96. The highest BCUT2D eigenvalue weighted by Gasteiger charge is 2.14. The zero-order valence-corrected chi connectivity index (χ0v) is 11.3. The second-order valence-corrected chi connectivity index (χ2v) is 4.52. The molecule has 0 aliphatic heterocycles. The smallest absolute Gasteiger partial charge is 0.405 e. The molecule has 0 heterocycles. The van der Waals surface area contributed by atoms with Crippen LogP contribution in [0.3, 0.4) is 0 Å². The third-order valence-electron chi connectivity index (χ3n) is 2.81. The summed E-state index contributed by atoms with van der Waals surface area (Å²) in [7, 11) is 0. The summed E-state index contributed by atoms with van der Waals surface area (Å²) in [4.78, 5) is 10.9. The molecule has 0 fully saturated rings. The molecule has 5 nitrogen and oxygen atoms in total. The molecular formula is C15H19N3O2. The van der Waals surface area contributed by atoms with E-state index < -0.39 is 12.2 Å². The van der Waals surface area contributed by atoms with Crippen molar-refractivity contribution in [3.8, 4) is 6.07 Å². The molecule has 106 valence electrons. The molecule has 1 amide bonds. The fourth-order valence-corrected chi connectivity index (χ4v) is 1.96. The Bertz CT molecular complexity index is 508. The van der Waals surface area contributed by atoms with Gasteiger partial charge in [-0.2, -0.15) is 5.26 Å². The predicted octanol–water partition coefficient (Wildman–Crippen LogP) is 2.18. The number of amides is 1. The number of nitrogens with zero attached hydrogens (tertiary/aromatic N) is 1. The van der Waals surface area contributed by atoms with E-state index in [4.69, 9.17) is 21.5 Å². The molecule has 0 saturated carbocycles. The Morgan fingerprint density at radius 3 is 2.90 bits per heavy atom. The highest BCUT2D eigenvalue weighted by Crippen LogP contribution is 2.23. The van der Waals surface area contributed by atoms with Crippen LogP contribution < -0.4 is 11.5 Å². The summed E-state index contributed by atoms with van der Waals surface area (Å²) in [6, 6.07) is 9.40. The van der Waals surface area contributed by atoms with E-state index in [0.29, 0.717) is 19.3 Å². The Balaban J connectivity index is 2.86. The van der Waals surface area contributed by atoms with Crippen LogP contribution in [0.2, 0.25) is 0 Å². The Labute approximate surface area is 118 Å². The molecule has 0 saturated heterocycles. The first-order chi connectivity index (χ1) is 9.56. The number of nitriles is 1. The first-order valence-corrected chi connectivity index (χ1v) is 6.35. The highest BCUT2D eigenvalue weighted by atomic mass is 16.6. The zero-order valence-electron chi connectivity index (χ0n) is 11.3. The van der Waals surface area contributed by atoms with E-state index in [2.05, 4.69) is 6.58 Å². The number of carbonyl (C=O) groups excluding carboxylic acids is 1. The molecule has 1 aromatic carbocycles. The molecule has 0 spiro atoms. The second-order valence-electron chi connectivity index (χ2n) is 4.52. The lowest BCUT2D eigenvalue weighted by Crippen LogP contribution is -2.22. The molecule has 20 heavy (non-hydrogen) atoms. The van der Waals surface area contributed by atoms with Crippen LogP contribution in [0.4, 0.5) is 4.79 Å². The number of rotatable bonds is 7. The van der Waals surface area contributed by atoms with Crippen LogP contribution in [-0.2, 0) is 11.2 Å². The van der Waals surface area contributed by atoms with Gasteiger partial charge in [-0.3, -0.25) is 0 Å². The van der Waals surface area contributed by atoms with Crippen molar-refractivity contribution < 1.29 is 9.53 Å². The minimum absolute atomic E-state index is 0.204. The summed E-state index contributed by atoms with van der Waals surface area (Å²) < 4.78 is 5.07. The van der Waals surface area contributed by atoms with Crippen molar-refractivity contribution in [2.24, 2.45) is 11.5 Å². The van der Waals surface area contributed by atoms with E-state index in [1.54, 1.807) is 6.08 Å². The Kier molecular flexibility index (Phi) is 6.27. The van der Waals surface area contributed by atoms with E-state index in [1.807, 2.05) is 30.3 Å². The van der Waals surface area contributed by atoms with Crippen LogP contribution in [0.5, 0.6) is 0 Å². The molecule has 2 atom stereocenters. The van der Waals surface area contributed by atoms with E-state index in [-0.39, 0.29) is 6.04 Å². The standard InChI is InChI=1S/C15H19N3O2/c1-2-4-14(20-15(18)19)12-6-3-5-11(9-12)10-13(17)7-8-16/h2-3,5-6,9,13-14H,1,4,7,10,17H2,(H2,18,19). The number of hydrogen-bond donors (Lipinski definition) is 2. The average molecular weight is 273 g/mol. The topological polar surface area (TPSA) is 102 Å². The van der Waals surface area contributed by atoms with Gasteiger partial charge in [-0.1, -0.05) is 30.3 Å². The van der Waals surface area contributed by atoms with Crippen molar-refractivity contribution >= 4 is 6.09 Å². The van der Waals surface area contributed by atoms with Gasteiger partial charge in [-0.25, -0.2) is 4.79 Å². The molecule has 0 bridgehead atoms. The molecule has 0 radical (unpaired) electrons. The first kappa shape index (κ1) is 15.7. The van der Waals surface area contributed by atoms with Crippen LogP contribution in [0, 0.1) is 11.3 Å². The summed E-state index contributed by atoms with van der Waals surface area (Å²) in [5, 5.41) is 8.61. The minimum Gasteiger partial charge on any atom is -0.441 e. The maximum atomic E-state index is 10.9. The van der Waals surface area contributed by atoms with Crippen LogP contribution in [0.25, 0.3) is 0 Å². The molecule has 0 aliphatic carbocycles. The summed E-state index contributed by atoms with van der Waals surface area (Å²) in [5.74, 6) is 0. The second kappa shape index (κ2) is 7.97. The SMILES string of the molecule is C=CCC(OC(N)=O)c1cccc(CC(N)CC#N)c1. The van der Waals surface area contributed by atoms with Crippen LogP contribution in [0.15, 0.2) is 36.9 Å². The van der Waals surface area contributed by atoms with Gasteiger partial charge in [0.15, 0.2) is 0 Å². The van der Waals surface area contributed by atoms with Crippen LogP contribution >= 0.6 is 0 Å². The first-order valence-electron chi connectivity index (χ1n) is 6.35. The Morgan fingerprint density at radius 2 is 2.30 bits per heavy atom. The van der Waals surface area contributed by atoms with E-state index in [0.717, 1.165) is 11.1 Å². The molecule has 0 aromatic heterocycles. The molecule has 0 aliphatic rings. The lowest BCUT2D eigenvalue weighted by molar-refractivity contribution is 0.108. The number of benzene rings is 1. The lowest BCUT2D eigenvalue weighted by Gasteiger charge is -2.17. The maximum Gasteiger partial charge on any atom is 0.405 e. The molecule has 2 unspecified atom stereocenters. The largest absolute Gasteiger partial charge is 0.441 e. The highest BCUT2D eigenvalue weighted by molar-refractivity contribution is 5.65. The van der Waals surface area contributed by atoms with Crippen molar-refractivity contribution in [3.63, 3.8) is 0 Å². The Hall–Kier alpha value is -2.32. The quantitative estimate of drug-likeness (QED) is 0.743. The van der Waals surface area contributed by atoms with Crippen molar-refractivity contribution in [2.75, 3.05) is 0 Å². The fraction of sp³-hybridized carbons (Fsp3) is 0.333. The number of hydrogen-bond acceptors (Lipinski definition) is 4. The number of primary amides is 1. The van der Waals surface area contributed by atoms with Gasteiger partial charge in [-0.15, -0.1) is 6.58 Å². The van der Waals surface area contributed by atoms with Gasteiger partial charge < -0.3 is 16.2 Å². The van der Waals surface area contributed by atoms with Crippen LogP contribution in [-0.4, -0.2) is 12.1 Å². The summed E-state index contributed by atoms with van der Waals surface area (Å²) in [6.07, 6.45) is 1.79. The van der Waals surface area contributed by atoms with E-state index in [9.17, 15) is 4.79 Å². The van der Waals surface area contributed by atoms with Gasteiger partial charge in [0.25, 0.3) is 0 Å². The van der Waals surface area contributed by atoms with E-state index >= 15 is 0 Å². The normalized spacial score (nSPS) is 13.0. The van der Waals surface area contributed by atoms with Gasteiger partial charge in [0.2, 0.25) is 0 Å². The van der Waals surface area contributed by atoms with Gasteiger partial charge >= 0.3 is 6.09 Å². The number of ether oxygens (including phenoxy) is 1. The van der Waals surface area contributed by atoms with Crippen molar-refractivity contribution in [3.05, 3.63) is 48.0 Å². The van der Waals surface area contributed by atoms with Gasteiger partial charge in [0.1, 0.15) is 6.10 Å². The van der Waals surface area contributed by atoms with Crippen molar-refractivity contribution in [2.45, 2.75) is 31.4 Å². The predicted molar refractivity (Wildman–Crippen MR) is 76.6 cm³/mol. The lowest BCUT2D eigenvalue weighted by atomic mass is 9.99. The molecular weight excluding hydrogens is 254 g/mol. The third kappa shape index (κ3) is 5.12. The van der Waals surface area contributed by atoms with Crippen molar-refractivity contribution in [1.29, 1.82) is 5.26 Å². The van der Waals surface area contributed by atoms with Gasteiger partial charge in [0.05, 0.1) is 12.5 Å². The number of carbonyl (C=O) groups is 1. The maximum absolute atomic E-state index is 10.9. The zero-order chi connectivity index (χ0) is 15.0. The third-order valence-corrected chi connectivity index (χ3v) is 2.81.